The highest BCUT2D eigenvalue weighted by Gasteiger charge is 2.30. The van der Waals surface area contributed by atoms with E-state index in [1.807, 2.05) is 5.43 Å². The van der Waals surface area contributed by atoms with Gasteiger partial charge in [0, 0.05) is 17.2 Å². The van der Waals surface area contributed by atoms with E-state index in [-0.39, 0.29) is 16.9 Å². The molecule has 27 heavy (non-hydrogen) atoms. The minimum atomic E-state index is -4.60. The summed E-state index contributed by atoms with van der Waals surface area (Å²) in [5.74, 6) is -1.76. The molecule has 8 nitrogen and oxygen atoms in total. The van der Waals surface area contributed by atoms with Gasteiger partial charge in [-0.2, -0.15) is 18.3 Å². The molecule has 0 fully saturated rings. The molecular weight excluding hydrogens is 371 g/mol. The Hall–Kier alpha value is -3.63. The van der Waals surface area contributed by atoms with Crippen molar-refractivity contribution >= 4 is 17.8 Å². The Bertz CT molecular complexity index is 913. The number of amides is 1. The number of alkyl halides is 3. The number of phenols is 1. The van der Waals surface area contributed by atoms with E-state index in [1.165, 1.54) is 19.2 Å². The van der Waals surface area contributed by atoms with Gasteiger partial charge < -0.3 is 9.84 Å². The SMILES string of the molecule is COc1cc(/C=N\NC(=O)c2cccc(C(F)(F)F)c2)cc([N+](=O)[O-])c1O. The van der Waals surface area contributed by atoms with Crippen molar-refractivity contribution in [2.24, 2.45) is 5.10 Å². The normalized spacial score (nSPS) is 11.4. The number of phenolic OH excluding ortho intramolecular Hbond substituents is 1. The van der Waals surface area contributed by atoms with Crippen molar-refractivity contribution in [2.45, 2.75) is 6.18 Å². The van der Waals surface area contributed by atoms with Crippen LogP contribution >= 0.6 is 0 Å². The Labute approximate surface area is 150 Å². The molecule has 2 N–H and O–H groups in total. The molecule has 0 saturated heterocycles. The average molecular weight is 383 g/mol. The Balaban J connectivity index is 2.19. The molecule has 0 aromatic heterocycles. The van der Waals surface area contributed by atoms with Gasteiger partial charge in [0.05, 0.1) is 23.8 Å². The Kier molecular flexibility index (Phi) is 5.63. The summed E-state index contributed by atoms with van der Waals surface area (Å²) in [6.07, 6.45) is -3.58. The molecule has 0 atom stereocenters. The number of nitro benzene ring substituents is 1. The molecule has 2 aromatic carbocycles. The predicted octanol–water partition coefficient (Wildman–Crippen LogP) is 3.09. The van der Waals surface area contributed by atoms with Gasteiger partial charge >= 0.3 is 11.9 Å². The van der Waals surface area contributed by atoms with Crippen LogP contribution in [0.4, 0.5) is 18.9 Å². The number of halogens is 3. The molecule has 0 spiro atoms. The molecule has 11 heteroatoms. The molecule has 2 rings (SSSR count). The molecule has 0 aliphatic carbocycles. The number of methoxy groups -OCH3 is 1. The number of nitro groups is 1. The lowest BCUT2D eigenvalue weighted by atomic mass is 10.1. The third-order valence-corrected chi connectivity index (χ3v) is 3.33. The monoisotopic (exact) mass is 383 g/mol. The van der Waals surface area contributed by atoms with Crippen molar-refractivity contribution in [2.75, 3.05) is 7.11 Å². The van der Waals surface area contributed by atoms with E-state index in [2.05, 4.69) is 5.10 Å². The van der Waals surface area contributed by atoms with Gasteiger partial charge in [0.15, 0.2) is 5.75 Å². The van der Waals surface area contributed by atoms with Gasteiger partial charge in [0.2, 0.25) is 5.75 Å². The van der Waals surface area contributed by atoms with Crippen molar-refractivity contribution in [3.05, 3.63) is 63.2 Å². The van der Waals surface area contributed by atoms with E-state index >= 15 is 0 Å². The summed E-state index contributed by atoms with van der Waals surface area (Å²) in [6.45, 7) is 0. The van der Waals surface area contributed by atoms with Crippen molar-refractivity contribution < 1.29 is 32.7 Å². The molecule has 0 saturated carbocycles. The lowest BCUT2D eigenvalue weighted by Crippen LogP contribution is -2.18. The summed E-state index contributed by atoms with van der Waals surface area (Å²) in [7, 11) is 1.19. The van der Waals surface area contributed by atoms with E-state index in [0.717, 1.165) is 24.4 Å². The van der Waals surface area contributed by atoms with E-state index in [9.17, 15) is 33.2 Å². The number of hydrogen-bond donors (Lipinski definition) is 2. The average Bonchev–Trinajstić information content (AvgIpc) is 2.61. The zero-order valence-electron chi connectivity index (χ0n) is 13.6. The highest BCUT2D eigenvalue weighted by molar-refractivity contribution is 5.95. The molecule has 142 valence electrons. The first-order valence-corrected chi connectivity index (χ1v) is 7.19. The van der Waals surface area contributed by atoms with Crippen LogP contribution in [0.15, 0.2) is 41.5 Å². The van der Waals surface area contributed by atoms with Crippen LogP contribution in [0.3, 0.4) is 0 Å². The van der Waals surface area contributed by atoms with E-state index < -0.39 is 34.0 Å². The number of carbonyl (C=O) groups is 1. The topological polar surface area (TPSA) is 114 Å². The van der Waals surface area contributed by atoms with Crippen molar-refractivity contribution in [3.63, 3.8) is 0 Å². The van der Waals surface area contributed by atoms with Crippen molar-refractivity contribution in [1.82, 2.24) is 5.43 Å². The van der Waals surface area contributed by atoms with Crippen LogP contribution in [0.5, 0.6) is 11.5 Å². The van der Waals surface area contributed by atoms with Crippen LogP contribution in [0.2, 0.25) is 0 Å². The van der Waals surface area contributed by atoms with Gasteiger partial charge in [-0.25, -0.2) is 5.43 Å². The largest absolute Gasteiger partial charge is 0.500 e. The molecule has 2 aromatic rings. The molecule has 0 aliphatic rings. The summed E-state index contributed by atoms with van der Waals surface area (Å²) >= 11 is 0. The lowest BCUT2D eigenvalue weighted by Gasteiger charge is -2.07. The van der Waals surface area contributed by atoms with Crippen molar-refractivity contribution in [3.8, 4) is 11.5 Å². The maximum atomic E-state index is 12.7. The highest BCUT2D eigenvalue weighted by atomic mass is 19.4. The number of rotatable bonds is 5. The van der Waals surface area contributed by atoms with Crippen LogP contribution in [-0.2, 0) is 6.18 Å². The zero-order valence-corrected chi connectivity index (χ0v) is 13.6. The number of hydrogen-bond acceptors (Lipinski definition) is 6. The molecular formula is C16H12F3N3O5. The number of hydrazone groups is 1. The first-order valence-electron chi connectivity index (χ1n) is 7.19. The molecule has 1 amide bonds. The minimum Gasteiger partial charge on any atom is -0.500 e. The Morgan fingerprint density at radius 1 is 1.33 bits per heavy atom. The van der Waals surface area contributed by atoms with Gasteiger partial charge in [-0.1, -0.05) is 6.07 Å². The number of nitrogens with one attached hydrogen (secondary N) is 1. The quantitative estimate of drug-likeness (QED) is 0.468. The Morgan fingerprint density at radius 3 is 2.63 bits per heavy atom. The molecule has 0 heterocycles. The number of benzene rings is 2. The van der Waals surface area contributed by atoms with E-state index in [4.69, 9.17) is 4.74 Å². The smallest absolute Gasteiger partial charge is 0.416 e. The highest BCUT2D eigenvalue weighted by Crippen LogP contribution is 2.36. The van der Waals surface area contributed by atoms with E-state index in [0.29, 0.717) is 6.07 Å². The van der Waals surface area contributed by atoms with Gasteiger partial charge in [0.25, 0.3) is 5.91 Å². The summed E-state index contributed by atoms with van der Waals surface area (Å²) in [5, 5.41) is 24.1. The molecule has 0 unspecified atom stereocenters. The van der Waals surface area contributed by atoms with Crippen LogP contribution < -0.4 is 10.2 Å². The van der Waals surface area contributed by atoms with Gasteiger partial charge in [-0.3, -0.25) is 14.9 Å². The number of aromatic hydroxyl groups is 1. The molecule has 0 radical (unpaired) electrons. The molecule has 0 bridgehead atoms. The second kappa shape index (κ2) is 7.72. The van der Waals surface area contributed by atoms with Crippen LogP contribution in [0.25, 0.3) is 0 Å². The van der Waals surface area contributed by atoms with E-state index in [1.54, 1.807) is 0 Å². The second-order valence-corrected chi connectivity index (χ2v) is 5.13. The standard InChI is InChI=1S/C16H12F3N3O5/c1-27-13-6-9(5-12(14(13)23)22(25)26)8-20-21-15(24)10-3-2-4-11(7-10)16(17,18)19/h2-8,23H,1H3,(H,21,24)/b20-8-. The summed E-state index contributed by atoms with van der Waals surface area (Å²) in [6, 6.07) is 5.95. The van der Waals surface area contributed by atoms with Crippen LogP contribution in [-0.4, -0.2) is 29.3 Å². The number of carbonyl (C=O) groups excluding carboxylic acids is 1. The lowest BCUT2D eigenvalue weighted by molar-refractivity contribution is -0.386. The first kappa shape index (κ1) is 19.7. The maximum Gasteiger partial charge on any atom is 0.416 e. The zero-order chi connectivity index (χ0) is 20.2. The second-order valence-electron chi connectivity index (χ2n) is 5.13. The summed E-state index contributed by atoms with van der Waals surface area (Å²) in [4.78, 5) is 22.0. The maximum absolute atomic E-state index is 12.7. The third kappa shape index (κ3) is 4.71. The fourth-order valence-electron chi connectivity index (χ4n) is 2.05. The van der Waals surface area contributed by atoms with Crippen LogP contribution in [0.1, 0.15) is 21.5 Å². The predicted molar refractivity (Wildman–Crippen MR) is 87.8 cm³/mol. The fraction of sp³-hybridized carbons (Fsp3) is 0.125. The van der Waals surface area contributed by atoms with Gasteiger partial charge in [-0.15, -0.1) is 0 Å². The summed E-state index contributed by atoms with van der Waals surface area (Å²) in [5.41, 5.74) is 0.234. The Morgan fingerprint density at radius 2 is 2.04 bits per heavy atom. The van der Waals surface area contributed by atoms with Crippen molar-refractivity contribution in [1.29, 1.82) is 0 Å². The van der Waals surface area contributed by atoms with Gasteiger partial charge in [0.1, 0.15) is 0 Å². The van der Waals surface area contributed by atoms with Gasteiger partial charge in [-0.05, 0) is 24.3 Å². The fourth-order valence-corrected chi connectivity index (χ4v) is 2.05. The van der Waals surface area contributed by atoms with Crippen LogP contribution in [0, 0.1) is 10.1 Å². The minimum absolute atomic E-state index is 0.112. The summed E-state index contributed by atoms with van der Waals surface area (Å²) < 4.78 is 42.8. The number of nitrogens with zero attached hydrogens (tertiary/aromatic N) is 2. The molecule has 0 aliphatic heterocycles. The number of ether oxygens (including phenoxy) is 1. The first-order chi connectivity index (χ1) is 12.6. The third-order valence-electron chi connectivity index (χ3n) is 3.33.